The number of hydrogen-bond acceptors (Lipinski definition) is 5. The molecule has 1 unspecified atom stereocenters. The van der Waals surface area contributed by atoms with Gasteiger partial charge in [-0.2, -0.15) is 5.10 Å². The summed E-state index contributed by atoms with van der Waals surface area (Å²) in [5, 5.41) is 16.1. The average Bonchev–Trinajstić information content (AvgIpc) is 3.05. The monoisotopic (exact) mass is 259 g/mol. The van der Waals surface area contributed by atoms with E-state index in [9.17, 15) is 4.79 Å². The first-order chi connectivity index (χ1) is 9.24. The van der Waals surface area contributed by atoms with Crippen LogP contribution in [0.4, 0.5) is 5.69 Å². The number of nitrogens with zero attached hydrogens (tertiary/aromatic N) is 4. The minimum Gasteiger partial charge on any atom is -0.481 e. The SMILES string of the molecule is O=C(O)CCC1CNc2cnc(-n3cncn3)cc21. The molecule has 0 saturated carbocycles. The van der Waals surface area contributed by atoms with E-state index in [1.54, 1.807) is 17.2 Å². The normalized spacial score (nSPS) is 16.9. The van der Waals surface area contributed by atoms with Gasteiger partial charge in [0, 0.05) is 18.9 Å². The van der Waals surface area contributed by atoms with Crippen molar-refractivity contribution in [3.63, 3.8) is 0 Å². The van der Waals surface area contributed by atoms with Crippen LogP contribution in [0.5, 0.6) is 0 Å². The van der Waals surface area contributed by atoms with Crippen molar-refractivity contribution in [2.24, 2.45) is 0 Å². The molecule has 2 aromatic heterocycles. The molecule has 98 valence electrons. The van der Waals surface area contributed by atoms with Gasteiger partial charge in [-0.25, -0.2) is 14.6 Å². The lowest BCUT2D eigenvalue weighted by Gasteiger charge is -2.09. The lowest BCUT2D eigenvalue weighted by molar-refractivity contribution is -0.137. The van der Waals surface area contributed by atoms with Crippen molar-refractivity contribution in [1.29, 1.82) is 0 Å². The van der Waals surface area contributed by atoms with Crippen LogP contribution in [0.1, 0.15) is 24.3 Å². The Morgan fingerprint density at radius 2 is 2.47 bits per heavy atom. The third kappa shape index (κ3) is 2.26. The third-order valence-corrected chi connectivity index (χ3v) is 3.26. The summed E-state index contributed by atoms with van der Waals surface area (Å²) < 4.78 is 1.59. The number of fused-ring (bicyclic) bond motifs is 1. The van der Waals surface area contributed by atoms with Gasteiger partial charge in [-0.15, -0.1) is 0 Å². The van der Waals surface area contributed by atoms with Crippen molar-refractivity contribution in [3.05, 3.63) is 30.5 Å². The molecule has 0 amide bonds. The largest absolute Gasteiger partial charge is 0.481 e. The maximum Gasteiger partial charge on any atom is 0.303 e. The molecule has 2 N–H and O–H groups in total. The van der Waals surface area contributed by atoms with Crippen molar-refractivity contribution in [2.45, 2.75) is 18.8 Å². The summed E-state index contributed by atoms with van der Waals surface area (Å²) in [6, 6.07) is 1.94. The van der Waals surface area contributed by atoms with Crippen LogP contribution >= 0.6 is 0 Å². The minimum absolute atomic E-state index is 0.173. The van der Waals surface area contributed by atoms with Gasteiger partial charge in [0.15, 0.2) is 5.82 Å². The van der Waals surface area contributed by atoms with Crippen LogP contribution in [0.2, 0.25) is 0 Å². The summed E-state index contributed by atoms with van der Waals surface area (Å²) in [6.07, 6.45) is 5.59. The first kappa shape index (κ1) is 11.6. The van der Waals surface area contributed by atoms with Crippen molar-refractivity contribution in [1.82, 2.24) is 19.7 Å². The molecule has 1 aliphatic rings. The Morgan fingerprint density at radius 3 is 3.21 bits per heavy atom. The van der Waals surface area contributed by atoms with Gasteiger partial charge in [0.05, 0.1) is 11.9 Å². The van der Waals surface area contributed by atoms with Gasteiger partial charge in [-0.1, -0.05) is 0 Å². The molecule has 0 saturated heterocycles. The van der Waals surface area contributed by atoms with E-state index >= 15 is 0 Å². The highest BCUT2D eigenvalue weighted by molar-refractivity contribution is 5.67. The van der Waals surface area contributed by atoms with Gasteiger partial charge >= 0.3 is 5.97 Å². The predicted octanol–water partition coefficient (Wildman–Crippen LogP) is 1.04. The van der Waals surface area contributed by atoms with E-state index in [1.165, 1.54) is 6.33 Å². The fraction of sp³-hybridized carbons (Fsp3) is 0.333. The average molecular weight is 259 g/mol. The zero-order valence-corrected chi connectivity index (χ0v) is 10.2. The number of carbonyl (C=O) groups is 1. The van der Waals surface area contributed by atoms with Crippen LogP contribution in [0.25, 0.3) is 5.82 Å². The smallest absolute Gasteiger partial charge is 0.303 e. The summed E-state index contributed by atoms with van der Waals surface area (Å²) >= 11 is 0. The molecule has 0 aromatic carbocycles. The highest BCUT2D eigenvalue weighted by atomic mass is 16.4. The summed E-state index contributed by atoms with van der Waals surface area (Å²) in [7, 11) is 0. The lowest BCUT2D eigenvalue weighted by atomic mass is 9.97. The van der Waals surface area contributed by atoms with Crippen LogP contribution in [0, 0.1) is 0 Å². The minimum atomic E-state index is -0.765. The quantitative estimate of drug-likeness (QED) is 0.852. The van der Waals surface area contributed by atoms with Crippen LogP contribution < -0.4 is 5.32 Å². The van der Waals surface area contributed by atoms with Gasteiger partial charge in [0.2, 0.25) is 0 Å². The number of anilines is 1. The van der Waals surface area contributed by atoms with E-state index in [2.05, 4.69) is 20.4 Å². The summed E-state index contributed by atoms with van der Waals surface area (Å²) in [5.74, 6) is 0.135. The van der Waals surface area contributed by atoms with Gasteiger partial charge in [-0.05, 0) is 18.1 Å². The summed E-state index contributed by atoms with van der Waals surface area (Å²) in [5.41, 5.74) is 2.07. The standard InChI is InChI=1S/C12H13N5O2/c18-12(19)2-1-8-4-14-10-5-15-11(3-9(8)10)17-7-13-6-16-17/h3,5-8,14H,1-2,4H2,(H,18,19). The van der Waals surface area contributed by atoms with Crippen LogP contribution in [0.15, 0.2) is 24.9 Å². The second kappa shape index (κ2) is 4.68. The van der Waals surface area contributed by atoms with E-state index < -0.39 is 5.97 Å². The zero-order valence-electron chi connectivity index (χ0n) is 10.2. The van der Waals surface area contributed by atoms with E-state index in [-0.39, 0.29) is 12.3 Å². The first-order valence-corrected chi connectivity index (χ1v) is 6.04. The van der Waals surface area contributed by atoms with E-state index in [4.69, 9.17) is 5.11 Å². The number of hydrogen-bond donors (Lipinski definition) is 2. The molecule has 0 radical (unpaired) electrons. The van der Waals surface area contributed by atoms with Gasteiger partial charge in [-0.3, -0.25) is 4.79 Å². The van der Waals surface area contributed by atoms with E-state index in [1.807, 2.05) is 6.07 Å². The topological polar surface area (TPSA) is 92.9 Å². The molecular formula is C12H13N5O2. The number of aliphatic carboxylic acids is 1. The molecule has 0 aliphatic carbocycles. The maximum atomic E-state index is 10.7. The van der Waals surface area contributed by atoms with Crippen molar-refractivity contribution in [3.8, 4) is 5.82 Å². The summed E-state index contributed by atoms with van der Waals surface area (Å²) in [4.78, 5) is 18.9. The van der Waals surface area contributed by atoms with Crippen molar-refractivity contribution in [2.75, 3.05) is 11.9 Å². The Balaban J connectivity index is 1.87. The fourth-order valence-electron chi connectivity index (χ4n) is 2.29. The molecule has 1 atom stereocenters. The van der Waals surface area contributed by atoms with E-state index in [0.29, 0.717) is 12.2 Å². The molecule has 2 aromatic rings. The number of carboxylic acid groups (broad SMARTS) is 1. The van der Waals surface area contributed by atoms with E-state index in [0.717, 1.165) is 17.8 Å². The van der Waals surface area contributed by atoms with Gasteiger partial charge in [0.25, 0.3) is 0 Å². The molecular weight excluding hydrogens is 246 g/mol. The Morgan fingerprint density at radius 1 is 1.58 bits per heavy atom. The van der Waals surface area contributed by atoms with Crippen LogP contribution in [-0.2, 0) is 4.79 Å². The Hall–Kier alpha value is -2.44. The molecule has 1 aliphatic heterocycles. The lowest BCUT2D eigenvalue weighted by Crippen LogP contribution is -2.05. The first-order valence-electron chi connectivity index (χ1n) is 6.04. The zero-order chi connectivity index (χ0) is 13.2. The number of nitrogens with one attached hydrogen (secondary N) is 1. The van der Waals surface area contributed by atoms with Gasteiger partial charge in [0.1, 0.15) is 12.7 Å². The van der Waals surface area contributed by atoms with Crippen molar-refractivity contribution >= 4 is 11.7 Å². The van der Waals surface area contributed by atoms with Crippen LogP contribution in [-0.4, -0.2) is 37.4 Å². The fourth-order valence-corrected chi connectivity index (χ4v) is 2.29. The van der Waals surface area contributed by atoms with Crippen molar-refractivity contribution < 1.29 is 9.90 Å². The van der Waals surface area contributed by atoms with Crippen LogP contribution in [0.3, 0.4) is 0 Å². The second-order valence-corrected chi connectivity index (χ2v) is 4.48. The molecule has 0 bridgehead atoms. The Kier molecular flexibility index (Phi) is 2.86. The number of aromatic nitrogens is 4. The number of carboxylic acids is 1. The molecule has 19 heavy (non-hydrogen) atoms. The molecule has 7 nitrogen and oxygen atoms in total. The number of rotatable bonds is 4. The highest BCUT2D eigenvalue weighted by Gasteiger charge is 2.23. The van der Waals surface area contributed by atoms with Gasteiger partial charge < -0.3 is 10.4 Å². The molecule has 3 heterocycles. The molecule has 0 fully saturated rings. The highest BCUT2D eigenvalue weighted by Crippen LogP contribution is 2.34. The number of pyridine rings is 1. The Bertz CT molecular complexity index is 596. The molecule has 0 spiro atoms. The Labute approximate surface area is 109 Å². The maximum absolute atomic E-state index is 10.7. The predicted molar refractivity (Wildman–Crippen MR) is 67.3 cm³/mol. The molecule has 3 rings (SSSR count). The summed E-state index contributed by atoms with van der Waals surface area (Å²) in [6.45, 7) is 0.755. The second-order valence-electron chi connectivity index (χ2n) is 4.48. The third-order valence-electron chi connectivity index (χ3n) is 3.26. The molecule has 7 heteroatoms.